The average Bonchev–Trinajstić information content (AvgIpc) is 3.19. The first kappa shape index (κ1) is 20.4. The van der Waals surface area contributed by atoms with Gasteiger partial charge in [0.05, 0.1) is 12.2 Å². The number of ether oxygens (including phenoxy) is 2. The number of aliphatic imine (C=N–C) groups is 1. The SMILES string of the molecule is CN(C)C(=O)CN=C(NCC1CCCO1)NCC1CCCO1.I. The molecule has 0 bridgehead atoms. The van der Waals surface area contributed by atoms with Crippen LogP contribution in [0.3, 0.4) is 0 Å². The third-order valence-corrected chi connectivity index (χ3v) is 3.91. The van der Waals surface area contributed by atoms with Crippen LogP contribution < -0.4 is 10.6 Å². The third kappa shape index (κ3) is 7.67. The maximum absolute atomic E-state index is 11.7. The van der Waals surface area contributed by atoms with Gasteiger partial charge in [-0.25, -0.2) is 4.99 Å². The van der Waals surface area contributed by atoms with E-state index >= 15 is 0 Å². The van der Waals surface area contributed by atoms with Gasteiger partial charge in [0.25, 0.3) is 0 Å². The zero-order valence-corrected chi connectivity index (χ0v) is 16.4. The minimum Gasteiger partial charge on any atom is -0.376 e. The summed E-state index contributed by atoms with van der Waals surface area (Å²) in [7, 11) is 3.47. The van der Waals surface area contributed by atoms with Crippen molar-refractivity contribution in [1.29, 1.82) is 0 Å². The topological polar surface area (TPSA) is 75.2 Å². The van der Waals surface area contributed by atoms with Crippen LogP contribution in [-0.4, -0.2) is 75.9 Å². The van der Waals surface area contributed by atoms with Crippen LogP contribution in [-0.2, 0) is 14.3 Å². The number of carbonyl (C=O) groups is 1. The van der Waals surface area contributed by atoms with E-state index in [1.54, 1.807) is 19.0 Å². The van der Waals surface area contributed by atoms with E-state index in [1.165, 1.54) is 0 Å². The van der Waals surface area contributed by atoms with E-state index < -0.39 is 0 Å². The first-order valence-corrected chi connectivity index (χ1v) is 8.10. The van der Waals surface area contributed by atoms with Crippen LogP contribution in [0.5, 0.6) is 0 Å². The number of amides is 1. The van der Waals surface area contributed by atoms with Crippen LogP contribution in [0.15, 0.2) is 4.99 Å². The second-order valence-corrected chi connectivity index (χ2v) is 5.98. The first-order valence-electron chi connectivity index (χ1n) is 8.10. The van der Waals surface area contributed by atoms with Crippen molar-refractivity contribution in [1.82, 2.24) is 15.5 Å². The van der Waals surface area contributed by atoms with Gasteiger partial charge >= 0.3 is 0 Å². The molecular formula is C15H29IN4O3. The lowest BCUT2D eigenvalue weighted by Crippen LogP contribution is -2.44. The monoisotopic (exact) mass is 440 g/mol. The number of nitrogens with zero attached hydrogens (tertiary/aromatic N) is 2. The van der Waals surface area contributed by atoms with Gasteiger partial charge in [-0.15, -0.1) is 24.0 Å². The molecule has 23 heavy (non-hydrogen) atoms. The lowest BCUT2D eigenvalue weighted by atomic mass is 10.2. The molecule has 2 atom stereocenters. The minimum atomic E-state index is -0.0182. The zero-order chi connectivity index (χ0) is 15.8. The smallest absolute Gasteiger partial charge is 0.243 e. The maximum atomic E-state index is 11.7. The second-order valence-electron chi connectivity index (χ2n) is 5.98. The molecule has 7 nitrogen and oxygen atoms in total. The number of carbonyl (C=O) groups excluding carboxylic acids is 1. The van der Waals surface area contributed by atoms with E-state index in [9.17, 15) is 4.79 Å². The molecule has 8 heteroatoms. The fourth-order valence-corrected chi connectivity index (χ4v) is 2.49. The van der Waals surface area contributed by atoms with Gasteiger partial charge in [-0.2, -0.15) is 0 Å². The summed E-state index contributed by atoms with van der Waals surface area (Å²) in [5, 5.41) is 6.54. The summed E-state index contributed by atoms with van der Waals surface area (Å²) >= 11 is 0. The highest BCUT2D eigenvalue weighted by Crippen LogP contribution is 2.11. The Morgan fingerprint density at radius 3 is 2.00 bits per heavy atom. The molecule has 2 aliphatic heterocycles. The van der Waals surface area contributed by atoms with E-state index in [-0.39, 0.29) is 48.6 Å². The summed E-state index contributed by atoms with van der Waals surface area (Å²) in [6, 6.07) is 0. The van der Waals surface area contributed by atoms with Crippen molar-refractivity contribution < 1.29 is 14.3 Å². The Morgan fingerprint density at radius 2 is 1.61 bits per heavy atom. The van der Waals surface area contributed by atoms with Crippen molar-refractivity contribution in [2.75, 3.05) is 46.9 Å². The Balaban J connectivity index is 0.00000264. The molecule has 1 amide bonds. The molecule has 0 spiro atoms. The van der Waals surface area contributed by atoms with Gasteiger partial charge in [0, 0.05) is 40.4 Å². The minimum absolute atomic E-state index is 0. The fourth-order valence-electron chi connectivity index (χ4n) is 2.49. The molecule has 2 heterocycles. The van der Waals surface area contributed by atoms with E-state index in [2.05, 4.69) is 15.6 Å². The molecule has 0 aromatic heterocycles. The summed E-state index contributed by atoms with van der Waals surface area (Å²) in [6.07, 6.45) is 4.84. The van der Waals surface area contributed by atoms with Gasteiger partial charge in [-0.05, 0) is 25.7 Å². The molecule has 2 fully saturated rings. The largest absolute Gasteiger partial charge is 0.376 e. The highest BCUT2D eigenvalue weighted by Gasteiger charge is 2.18. The Bertz CT molecular complexity index is 359. The number of halogens is 1. The molecule has 0 saturated carbocycles. The Hall–Kier alpha value is -0.610. The molecule has 2 saturated heterocycles. The van der Waals surface area contributed by atoms with Crippen molar-refractivity contribution in [3.05, 3.63) is 0 Å². The molecule has 0 aromatic rings. The summed E-state index contributed by atoms with van der Waals surface area (Å²) < 4.78 is 11.2. The highest BCUT2D eigenvalue weighted by molar-refractivity contribution is 14.0. The van der Waals surface area contributed by atoms with E-state index in [1.807, 2.05) is 0 Å². The van der Waals surface area contributed by atoms with Gasteiger partial charge in [0.15, 0.2) is 5.96 Å². The number of hydrogen-bond donors (Lipinski definition) is 2. The van der Waals surface area contributed by atoms with Crippen molar-refractivity contribution in [3.8, 4) is 0 Å². The summed E-state index contributed by atoms with van der Waals surface area (Å²) in [5.74, 6) is 0.636. The normalized spacial score (nSPS) is 23.0. The Morgan fingerprint density at radius 1 is 1.09 bits per heavy atom. The zero-order valence-electron chi connectivity index (χ0n) is 14.0. The number of likely N-dealkylation sites (N-methyl/N-ethyl adjacent to an activating group) is 1. The predicted octanol–water partition coefficient (Wildman–Crippen LogP) is 0.586. The van der Waals surface area contributed by atoms with Crippen molar-refractivity contribution >= 4 is 35.8 Å². The van der Waals surface area contributed by atoms with Gasteiger partial charge in [0.2, 0.25) is 5.91 Å². The Labute approximate surface area is 155 Å². The molecule has 134 valence electrons. The van der Waals surface area contributed by atoms with Crippen LogP contribution in [0.4, 0.5) is 0 Å². The van der Waals surface area contributed by atoms with E-state index in [0.29, 0.717) is 19.0 Å². The molecule has 2 aliphatic rings. The van der Waals surface area contributed by atoms with Crippen LogP contribution in [0.1, 0.15) is 25.7 Å². The van der Waals surface area contributed by atoms with Gasteiger partial charge in [0.1, 0.15) is 6.54 Å². The van der Waals surface area contributed by atoms with Crippen LogP contribution in [0, 0.1) is 0 Å². The number of guanidine groups is 1. The Kier molecular flexibility index (Phi) is 9.80. The molecule has 2 rings (SSSR count). The predicted molar refractivity (Wildman–Crippen MR) is 100 cm³/mol. The summed E-state index contributed by atoms with van der Waals surface area (Å²) in [5.41, 5.74) is 0. The standard InChI is InChI=1S/C15H28N4O3.HI/c1-19(2)14(20)11-18-15(16-9-12-5-3-7-21-12)17-10-13-6-4-8-22-13;/h12-13H,3-11H2,1-2H3,(H2,16,17,18);1H. The lowest BCUT2D eigenvalue weighted by molar-refractivity contribution is -0.127. The molecule has 2 unspecified atom stereocenters. The van der Waals surface area contributed by atoms with Crippen LogP contribution in [0.25, 0.3) is 0 Å². The third-order valence-electron chi connectivity index (χ3n) is 3.91. The van der Waals surface area contributed by atoms with Crippen molar-refractivity contribution in [2.45, 2.75) is 37.9 Å². The van der Waals surface area contributed by atoms with Gasteiger partial charge in [-0.1, -0.05) is 0 Å². The van der Waals surface area contributed by atoms with Crippen molar-refractivity contribution in [3.63, 3.8) is 0 Å². The highest BCUT2D eigenvalue weighted by atomic mass is 127. The molecule has 2 N–H and O–H groups in total. The van der Waals surface area contributed by atoms with Crippen molar-refractivity contribution in [2.24, 2.45) is 4.99 Å². The molecular weight excluding hydrogens is 411 g/mol. The average molecular weight is 440 g/mol. The van der Waals surface area contributed by atoms with E-state index in [4.69, 9.17) is 9.47 Å². The quantitative estimate of drug-likeness (QED) is 0.359. The van der Waals surface area contributed by atoms with E-state index in [0.717, 1.165) is 38.9 Å². The fraction of sp³-hybridized carbons (Fsp3) is 0.867. The number of hydrogen-bond acceptors (Lipinski definition) is 4. The molecule has 0 radical (unpaired) electrons. The first-order chi connectivity index (χ1) is 10.6. The molecule has 0 aliphatic carbocycles. The summed E-state index contributed by atoms with van der Waals surface area (Å²) in [6.45, 7) is 3.24. The maximum Gasteiger partial charge on any atom is 0.243 e. The van der Waals surface area contributed by atoms with Crippen LogP contribution in [0.2, 0.25) is 0 Å². The van der Waals surface area contributed by atoms with Crippen LogP contribution >= 0.6 is 24.0 Å². The van der Waals surface area contributed by atoms with Gasteiger partial charge in [-0.3, -0.25) is 4.79 Å². The van der Waals surface area contributed by atoms with Gasteiger partial charge < -0.3 is 25.0 Å². The number of nitrogens with one attached hydrogen (secondary N) is 2. The lowest BCUT2D eigenvalue weighted by Gasteiger charge is -2.18. The number of rotatable bonds is 6. The summed E-state index contributed by atoms with van der Waals surface area (Å²) in [4.78, 5) is 17.6. The second kappa shape index (κ2) is 11.0. The molecule has 0 aromatic carbocycles.